The molecule has 0 saturated heterocycles. The van der Waals surface area contributed by atoms with E-state index in [-0.39, 0.29) is 49.2 Å². The Morgan fingerprint density at radius 2 is 1.64 bits per heavy atom. The van der Waals surface area contributed by atoms with E-state index in [0.717, 1.165) is 5.56 Å². The van der Waals surface area contributed by atoms with Crippen LogP contribution in [0.25, 0.3) is 0 Å². The molecule has 0 aliphatic carbocycles. The predicted octanol–water partition coefficient (Wildman–Crippen LogP) is 3.89. The van der Waals surface area contributed by atoms with Crippen molar-refractivity contribution in [2.45, 2.75) is 32.0 Å². The summed E-state index contributed by atoms with van der Waals surface area (Å²) in [5, 5.41) is 5.50. The lowest BCUT2D eigenvalue weighted by Gasteiger charge is -2.16. The van der Waals surface area contributed by atoms with E-state index in [2.05, 4.69) is 19.9 Å². The monoisotopic (exact) mass is 590 g/mol. The van der Waals surface area contributed by atoms with Gasteiger partial charge in [-0.25, -0.2) is 4.39 Å². The van der Waals surface area contributed by atoms with E-state index in [1.54, 1.807) is 29.1 Å². The SMILES string of the molecule is Cc1ccc(OCC(=O)NCC(CCNC(=O)COc2ccc(F)c(C(C)P)c2)OI)cc1. The van der Waals surface area contributed by atoms with Gasteiger partial charge in [-0.15, -0.1) is 9.24 Å². The quantitative estimate of drug-likeness (QED) is 0.273. The second kappa shape index (κ2) is 14.3. The Balaban J connectivity index is 1.64. The van der Waals surface area contributed by atoms with Gasteiger partial charge in [0.25, 0.3) is 11.8 Å². The number of hydrogen-bond acceptors (Lipinski definition) is 5. The highest BCUT2D eigenvalue weighted by Gasteiger charge is 2.13. The molecule has 0 spiro atoms. The van der Waals surface area contributed by atoms with Crippen LogP contribution in [-0.2, 0) is 12.7 Å². The van der Waals surface area contributed by atoms with Crippen LogP contribution in [0.3, 0.4) is 0 Å². The van der Waals surface area contributed by atoms with E-state index in [0.29, 0.717) is 30.0 Å². The number of rotatable bonds is 13. The molecule has 0 aliphatic heterocycles. The Labute approximate surface area is 210 Å². The summed E-state index contributed by atoms with van der Waals surface area (Å²) in [6, 6.07) is 11.8. The van der Waals surface area contributed by atoms with Gasteiger partial charge in [0.2, 0.25) is 0 Å². The zero-order valence-corrected chi connectivity index (χ0v) is 21.9. The first kappa shape index (κ1) is 27.3. The smallest absolute Gasteiger partial charge is 0.258 e. The van der Waals surface area contributed by atoms with Crippen molar-refractivity contribution in [2.24, 2.45) is 0 Å². The van der Waals surface area contributed by atoms with Gasteiger partial charge in [-0.3, -0.25) is 9.59 Å². The number of hydrogen-bond donors (Lipinski definition) is 2. The Morgan fingerprint density at radius 1 is 1.03 bits per heavy atom. The average molecular weight is 590 g/mol. The molecule has 10 heteroatoms. The number of benzene rings is 2. The van der Waals surface area contributed by atoms with Crippen LogP contribution in [0.2, 0.25) is 0 Å². The highest BCUT2D eigenvalue weighted by atomic mass is 127. The molecule has 0 aromatic heterocycles. The van der Waals surface area contributed by atoms with Gasteiger partial charge in [-0.1, -0.05) is 24.6 Å². The van der Waals surface area contributed by atoms with Crippen LogP contribution in [0.15, 0.2) is 42.5 Å². The molecule has 0 bridgehead atoms. The Kier molecular flexibility index (Phi) is 11.8. The van der Waals surface area contributed by atoms with Gasteiger partial charge in [-0.05, 0) is 54.9 Å². The molecule has 2 amide bonds. The van der Waals surface area contributed by atoms with Gasteiger partial charge < -0.3 is 23.2 Å². The van der Waals surface area contributed by atoms with Crippen molar-refractivity contribution < 1.29 is 26.5 Å². The number of aryl methyl sites for hydroxylation is 1. The molecule has 0 heterocycles. The minimum Gasteiger partial charge on any atom is -0.484 e. The Morgan fingerprint density at radius 3 is 2.27 bits per heavy atom. The van der Waals surface area contributed by atoms with Gasteiger partial charge in [0, 0.05) is 13.1 Å². The summed E-state index contributed by atoms with van der Waals surface area (Å²) < 4.78 is 30.0. The maximum absolute atomic E-state index is 13.7. The molecule has 0 aliphatic rings. The van der Waals surface area contributed by atoms with E-state index in [1.165, 1.54) is 12.1 Å². The van der Waals surface area contributed by atoms with Gasteiger partial charge >= 0.3 is 0 Å². The zero-order valence-electron chi connectivity index (χ0n) is 18.6. The van der Waals surface area contributed by atoms with Gasteiger partial charge in [0.1, 0.15) is 40.3 Å². The molecule has 2 N–H and O–H groups in total. The minimum absolute atomic E-state index is 0.0674. The fourth-order valence-electron chi connectivity index (χ4n) is 2.77. The molecule has 0 fully saturated rings. The van der Waals surface area contributed by atoms with E-state index in [9.17, 15) is 14.0 Å². The predicted molar refractivity (Wildman–Crippen MR) is 136 cm³/mol. The molecule has 33 heavy (non-hydrogen) atoms. The third kappa shape index (κ3) is 10.2. The molecule has 2 aromatic rings. The molecule has 3 unspecified atom stereocenters. The van der Waals surface area contributed by atoms with Crippen molar-refractivity contribution in [3.05, 3.63) is 59.4 Å². The average Bonchev–Trinajstić information content (AvgIpc) is 2.80. The number of carbonyl (C=O) groups is 2. The Hall–Kier alpha value is -1.97. The van der Waals surface area contributed by atoms with E-state index in [4.69, 9.17) is 12.5 Å². The van der Waals surface area contributed by atoms with Crippen LogP contribution in [0.5, 0.6) is 11.5 Å². The van der Waals surface area contributed by atoms with Gasteiger partial charge in [0.05, 0.1) is 6.10 Å². The third-order valence-corrected chi connectivity index (χ3v) is 5.74. The van der Waals surface area contributed by atoms with Gasteiger partial charge in [-0.2, -0.15) is 0 Å². The highest BCUT2D eigenvalue weighted by Crippen LogP contribution is 2.28. The molecular formula is C23H29FIN2O5P. The first-order valence-electron chi connectivity index (χ1n) is 10.5. The maximum atomic E-state index is 13.7. The number of nitrogens with one attached hydrogen (secondary N) is 2. The largest absolute Gasteiger partial charge is 0.484 e. The molecule has 3 atom stereocenters. The zero-order chi connectivity index (χ0) is 24.2. The lowest BCUT2D eigenvalue weighted by molar-refractivity contribution is -0.124. The maximum Gasteiger partial charge on any atom is 0.258 e. The molecule has 2 rings (SSSR count). The summed E-state index contributed by atoms with van der Waals surface area (Å²) in [4.78, 5) is 24.0. The van der Waals surface area contributed by atoms with Crippen molar-refractivity contribution in [3.8, 4) is 11.5 Å². The van der Waals surface area contributed by atoms with Crippen molar-refractivity contribution in [3.63, 3.8) is 0 Å². The van der Waals surface area contributed by atoms with Crippen LogP contribution in [-0.4, -0.2) is 44.2 Å². The van der Waals surface area contributed by atoms with Gasteiger partial charge in [0.15, 0.2) is 13.2 Å². The lowest BCUT2D eigenvalue weighted by atomic mass is 10.1. The van der Waals surface area contributed by atoms with Crippen molar-refractivity contribution in [1.29, 1.82) is 0 Å². The molecule has 2 aromatic carbocycles. The molecule has 180 valence electrons. The highest BCUT2D eigenvalue weighted by molar-refractivity contribution is 14.1. The topological polar surface area (TPSA) is 85.9 Å². The summed E-state index contributed by atoms with van der Waals surface area (Å²) in [5.74, 6) is 0.183. The second-order valence-corrected chi connectivity index (χ2v) is 9.02. The van der Waals surface area contributed by atoms with E-state index in [1.807, 2.05) is 38.1 Å². The second-order valence-electron chi connectivity index (χ2n) is 7.52. The van der Waals surface area contributed by atoms with Crippen LogP contribution in [0, 0.1) is 12.7 Å². The standard InChI is InChI=1S/C23H29FIN2O5P/c1-15-3-5-17(6-4-15)30-14-23(29)27-12-19(32-25)9-10-26-22(28)13-31-18-7-8-21(24)20(11-18)16(2)33/h3-8,11,16,19H,9-10,12-14,33H2,1-2H3,(H,26,28)(H,27,29). The first-order chi connectivity index (χ1) is 15.8. The van der Waals surface area contributed by atoms with E-state index < -0.39 is 0 Å². The molecule has 7 nitrogen and oxygen atoms in total. The van der Waals surface area contributed by atoms with E-state index >= 15 is 0 Å². The van der Waals surface area contributed by atoms with Crippen LogP contribution < -0.4 is 20.1 Å². The summed E-state index contributed by atoms with van der Waals surface area (Å²) in [7, 11) is 2.53. The van der Waals surface area contributed by atoms with Crippen molar-refractivity contribution in [2.75, 3.05) is 26.3 Å². The molecular weight excluding hydrogens is 561 g/mol. The summed E-state index contributed by atoms with van der Waals surface area (Å²) in [5.41, 5.74) is 1.55. The number of carbonyl (C=O) groups excluding carboxylic acids is 2. The summed E-state index contributed by atoms with van der Waals surface area (Å²) in [6.45, 7) is 4.19. The number of halogens is 2. The fraction of sp³-hybridized carbons (Fsp3) is 0.391. The minimum atomic E-state index is -0.312. The van der Waals surface area contributed by atoms with Crippen LogP contribution in [0.4, 0.5) is 4.39 Å². The van der Waals surface area contributed by atoms with Crippen molar-refractivity contribution >= 4 is 44.1 Å². The first-order valence-corrected chi connectivity index (χ1v) is 12.0. The molecule has 0 saturated carbocycles. The normalized spacial score (nSPS) is 12.5. The number of ether oxygens (including phenoxy) is 2. The number of amides is 2. The lowest BCUT2D eigenvalue weighted by Crippen LogP contribution is -2.38. The van der Waals surface area contributed by atoms with Crippen LogP contribution >= 0.6 is 32.2 Å². The molecule has 0 radical (unpaired) electrons. The van der Waals surface area contributed by atoms with Crippen molar-refractivity contribution in [1.82, 2.24) is 10.6 Å². The third-order valence-electron chi connectivity index (χ3n) is 4.66. The van der Waals surface area contributed by atoms with Crippen LogP contribution in [0.1, 0.15) is 30.1 Å². The fourth-order valence-corrected chi connectivity index (χ4v) is 3.46. The summed E-state index contributed by atoms with van der Waals surface area (Å²) >= 11 is 1.77. The Bertz CT molecular complexity index is 914. The summed E-state index contributed by atoms with van der Waals surface area (Å²) in [6.07, 6.45) is 0.220.